The van der Waals surface area contributed by atoms with Gasteiger partial charge in [-0.1, -0.05) is 11.6 Å². The molecule has 0 aliphatic carbocycles. The third kappa shape index (κ3) is 1.10. The average molecular weight is 214 g/mol. The van der Waals surface area contributed by atoms with Gasteiger partial charge in [0.1, 0.15) is 0 Å². The predicted octanol–water partition coefficient (Wildman–Crippen LogP) is 1.89. The molecule has 6 heteroatoms. The Kier molecular flexibility index (Phi) is 1.82. The second-order valence-corrected chi connectivity index (χ2v) is 2.99. The van der Waals surface area contributed by atoms with E-state index in [1.165, 1.54) is 12.4 Å². The second kappa shape index (κ2) is 2.88. The van der Waals surface area contributed by atoms with E-state index >= 15 is 0 Å². The molecule has 0 aromatic carbocycles. The SMILES string of the molecule is O=C(O)c1oc2cncc(Cl)c2c1O. The summed E-state index contributed by atoms with van der Waals surface area (Å²) in [6.07, 6.45) is 2.58. The van der Waals surface area contributed by atoms with E-state index in [0.29, 0.717) is 0 Å². The lowest BCUT2D eigenvalue weighted by Crippen LogP contribution is -1.92. The van der Waals surface area contributed by atoms with Gasteiger partial charge < -0.3 is 14.6 Å². The van der Waals surface area contributed by atoms with Crippen LogP contribution in [0.5, 0.6) is 5.75 Å². The molecule has 0 fully saturated rings. The van der Waals surface area contributed by atoms with Crippen molar-refractivity contribution in [1.82, 2.24) is 4.98 Å². The molecule has 0 unspecified atom stereocenters. The Bertz CT molecular complexity index is 519. The minimum Gasteiger partial charge on any atom is -0.504 e. The number of pyridine rings is 1. The molecule has 0 spiro atoms. The first kappa shape index (κ1) is 8.83. The zero-order valence-electron chi connectivity index (χ0n) is 6.69. The summed E-state index contributed by atoms with van der Waals surface area (Å²) in [5, 5.41) is 18.4. The van der Waals surface area contributed by atoms with Crippen LogP contribution in [0.4, 0.5) is 0 Å². The molecule has 0 saturated carbocycles. The highest BCUT2D eigenvalue weighted by Gasteiger charge is 2.21. The molecular formula is C8H4ClNO4. The fourth-order valence-electron chi connectivity index (χ4n) is 1.14. The molecule has 0 aliphatic heterocycles. The molecule has 14 heavy (non-hydrogen) atoms. The topological polar surface area (TPSA) is 83.6 Å². The summed E-state index contributed by atoms with van der Waals surface area (Å²) < 4.78 is 4.84. The Morgan fingerprint density at radius 2 is 2.21 bits per heavy atom. The van der Waals surface area contributed by atoms with Gasteiger partial charge in [0.05, 0.1) is 16.6 Å². The van der Waals surface area contributed by atoms with Crippen LogP contribution in [0.25, 0.3) is 11.0 Å². The average Bonchev–Trinajstić information content (AvgIpc) is 2.45. The van der Waals surface area contributed by atoms with Crippen molar-refractivity contribution in [2.45, 2.75) is 0 Å². The van der Waals surface area contributed by atoms with Crippen molar-refractivity contribution >= 4 is 28.5 Å². The predicted molar refractivity (Wildman–Crippen MR) is 47.6 cm³/mol. The van der Waals surface area contributed by atoms with E-state index in [9.17, 15) is 9.90 Å². The van der Waals surface area contributed by atoms with E-state index in [1.54, 1.807) is 0 Å². The number of rotatable bonds is 1. The number of halogens is 1. The number of hydrogen-bond donors (Lipinski definition) is 2. The van der Waals surface area contributed by atoms with Crippen LogP contribution in [0.15, 0.2) is 16.8 Å². The second-order valence-electron chi connectivity index (χ2n) is 2.58. The molecular weight excluding hydrogens is 210 g/mol. The highest BCUT2D eigenvalue weighted by molar-refractivity contribution is 6.35. The van der Waals surface area contributed by atoms with Gasteiger partial charge in [-0.25, -0.2) is 4.79 Å². The number of carbonyl (C=O) groups is 1. The third-order valence-electron chi connectivity index (χ3n) is 1.72. The first-order chi connectivity index (χ1) is 6.61. The van der Waals surface area contributed by atoms with Gasteiger partial charge in [0, 0.05) is 6.20 Å². The normalized spacial score (nSPS) is 10.6. The largest absolute Gasteiger partial charge is 0.504 e. The summed E-state index contributed by atoms with van der Waals surface area (Å²) in [5.74, 6) is -2.36. The monoisotopic (exact) mass is 213 g/mol. The van der Waals surface area contributed by atoms with Gasteiger partial charge in [-0.05, 0) is 0 Å². The van der Waals surface area contributed by atoms with Gasteiger partial charge in [0.15, 0.2) is 11.3 Å². The van der Waals surface area contributed by atoms with Gasteiger partial charge in [-0.3, -0.25) is 4.98 Å². The van der Waals surface area contributed by atoms with Crippen LogP contribution in [0.1, 0.15) is 10.6 Å². The van der Waals surface area contributed by atoms with Gasteiger partial charge in [-0.15, -0.1) is 0 Å². The van der Waals surface area contributed by atoms with Crippen molar-refractivity contribution in [3.05, 3.63) is 23.2 Å². The lowest BCUT2D eigenvalue weighted by atomic mass is 10.3. The zero-order chi connectivity index (χ0) is 10.3. The Morgan fingerprint density at radius 3 is 2.79 bits per heavy atom. The number of furan rings is 1. The van der Waals surface area contributed by atoms with E-state index in [1.807, 2.05) is 0 Å². The van der Waals surface area contributed by atoms with Crippen LogP contribution in [0.3, 0.4) is 0 Å². The summed E-state index contributed by atoms with van der Waals surface area (Å²) in [4.78, 5) is 14.3. The van der Waals surface area contributed by atoms with Gasteiger partial charge in [-0.2, -0.15) is 0 Å². The molecule has 5 nitrogen and oxygen atoms in total. The van der Waals surface area contributed by atoms with Gasteiger partial charge in [0.2, 0.25) is 0 Å². The maximum absolute atomic E-state index is 10.6. The molecule has 0 amide bonds. The molecule has 2 aromatic rings. The molecule has 0 saturated heterocycles. The van der Waals surface area contributed by atoms with Gasteiger partial charge >= 0.3 is 5.97 Å². The van der Waals surface area contributed by atoms with Crippen LogP contribution >= 0.6 is 11.6 Å². The Hall–Kier alpha value is -1.75. The van der Waals surface area contributed by atoms with Crippen molar-refractivity contribution in [2.75, 3.05) is 0 Å². The number of nitrogens with zero attached hydrogens (tertiary/aromatic N) is 1. The zero-order valence-corrected chi connectivity index (χ0v) is 7.45. The van der Waals surface area contributed by atoms with Crippen molar-refractivity contribution in [1.29, 1.82) is 0 Å². The minimum atomic E-state index is -1.35. The molecule has 0 bridgehead atoms. The Balaban J connectivity index is 2.87. The van der Waals surface area contributed by atoms with Crippen LogP contribution in [-0.4, -0.2) is 21.2 Å². The highest BCUT2D eigenvalue weighted by Crippen LogP contribution is 2.35. The number of aromatic hydroxyl groups is 1. The number of carboxylic acids is 1. The Morgan fingerprint density at radius 1 is 1.50 bits per heavy atom. The number of carboxylic acid groups (broad SMARTS) is 1. The molecule has 2 N–H and O–H groups in total. The van der Waals surface area contributed by atoms with Crippen LogP contribution in [0.2, 0.25) is 5.02 Å². The van der Waals surface area contributed by atoms with Crippen LogP contribution in [0, 0.1) is 0 Å². The smallest absolute Gasteiger partial charge is 0.375 e. The molecule has 72 valence electrons. The number of hydrogen-bond acceptors (Lipinski definition) is 4. The van der Waals surface area contributed by atoms with Crippen molar-refractivity contribution < 1.29 is 19.4 Å². The van der Waals surface area contributed by atoms with E-state index in [0.717, 1.165) is 0 Å². The first-order valence-corrected chi connectivity index (χ1v) is 3.97. The van der Waals surface area contributed by atoms with E-state index in [4.69, 9.17) is 21.1 Å². The molecule has 0 atom stereocenters. The summed E-state index contributed by atoms with van der Waals surface area (Å²) in [6, 6.07) is 0. The van der Waals surface area contributed by atoms with Crippen LogP contribution < -0.4 is 0 Å². The van der Waals surface area contributed by atoms with Crippen LogP contribution in [-0.2, 0) is 0 Å². The maximum atomic E-state index is 10.6. The summed E-state index contributed by atoms with van der Waals surface area (Å²) in [6.45, 7) is 0. The quantitative estimate of drug-likeness (QED) is 0.756. The Labute approximate surface area is 82.5 Å². The van der Waals surface area contributed by atoms with Crippen molar-refractivity contribution in [2.24, 2.45) is 0 Å². The van der Waals surface area contributed by atoms with E-state index in [-0.39, 0.29) is 16.0 Å². The highest BCUT2D eigenvalue weighted by atomic mass is 35.5. The molecule has 0 radical (unpaired) electrons. The first-order valence-electron chi connectivity index (χ1n) is 3.59. The van der Waals surface area contributed by atoms with Crippen molar-refractivity contribution in [3.63, 3.8) is 0 Å². The number of aromatic nitrogens is 1. The fourth-order valence-corrected chi connectivity index (χ4v) is 1.38. The molecule has 2 heterocycles. The lowest BCUT2D eigenvalue weighted by Gasteiger charge is -1.90. The van der Waals surface area contributed by atoms with E-state index in [2.05, 4.69) is 4.98 Å². The number of aromatic carboxylic acids is 1. The number of fused-ring (bicyclic) bond motifs is 1. The van der Waals surface area contributed by atoms with Gasteiger partial charge in [0.25, 0.3) is 5.76 Å². The summed E-state index contributed by atoms with van der Waals surface area (Å²) >= 11 is 5.70. The molecule has 2 aromatic heterocycles. The molecule has 0 aliphatic rings. The summed E-state index contributed by atoms with van der Waals surface area (Å²) in [5.41, 5.74) is 0.146. The standard InChI is InChI=1S/C8H4ClNO4/c9-3-1-10-2-4-5(3)6(11)7(14-4)8(12)13/h1-2,11H,(H,12,13). The van der Waals surface area contributed by atoms with Crippen molar-refractivity contribution in [3.8, 4) is 5.75 Å². The third-order valence-corrected chi connectivity index (χ3v) is 2.01. The maximum Gasteiger partial charge on any atom is 0.375 e. The fraction of sp³-hybridized carbons (Fsp3) is 0. The van der Waals surface area contributed by atoms with E-state index < -0.39 is 17.5 Å². The summed E-state index contributed by atoms with van der Waals surface area (Å²) in [7, 11) is 0. The lowest BCUT2D eigenvalue weighted by molar-refractivity contribution is 0.0660. The molecule has 2 rings (SSSR count). The minimum absolute atomic E-state index is 0.146.